The Kier molecular flexibility index (Phi) is 7.71. The first kappa shape index (κ1) is 27.1. The van der Waals surface area contributed by atoms with Crippen molar-refractivity contribution in [3.63, 3.8) is 0 Å². The van der Waals surface area contributed by atoms with E-state index in [1.807, 2.05) is 30.3 Å². The van der Waals surface area contributed by atoms with Gasteiger partial charge in [0.2, 0.25) is 5.91 Å². The van der Waals surface area contributed by atoms with E-state index >= 15 is 0 Å². The molecule has 2 N–H and O–H groups in total. The summed E-state index contributed by atoms with van der Waals surface area (Å²) in [6.45, 7) is -0.298. The van der Waals surface area contributed by atoms with Gasteiger partial charge in [-0.15, -0.1) is 0 Å². The Morgan fingerprint density at radius 3 is 2.17 bits per heavy atom. The fourth-order valence-electron chi connectivity index (χ4n) is 5.25. The number of aliphatic hydroxyl groups is 1. The minimum absolute atomic E-state index is 0.0665. The van der Waals surface area contributed by atoms with Crippen LogP contribution in [0.5, 0.6) is 0 Å². The summed E-state index contributed by atoms with van der Waals surface area (Å²) in [4.78, 5) is 29.2. The minimum atomic E-state index is -4.61. The van der Waals surface area contributed by atoms with Gasteiger partial charge in [-0.1, -0.05) is 91.0 Å². The highest BCUT2D eigenvalue weighted by Crippen LogP contribution is 2.44. The normalized spacial score (nSPS) is 16.9. The van der Waals surface area contributed by atoms with Crippen LogP contribution >= 0.6 is 0 Å². The summed E-state index contributed by atoms with van der Waals surface area (Å²) >= 11 is 0. The molecule has 4 aromatic carbocycles. The minimum Gasteiger partial charge on any atom is -0.392 e. The van der Waals surface area contributed by atoms with E-state index in [1.165, 1.54) is 23.1 Å². The molecule has 8 heteroatoms. The van der Waals surface area contributed by atoms with Crippen LogP contribution in [0.2, 0.25) is 0 Å². The number of aliphatic hydroxyl groups excluding tert-OH is 1. The third kappa shape index (κ3) is 5.49. The molecular weight excluding hydrogens is 517 g/mol. The number of alkyl halides is 3. The van der Waals surface area contributed by atoms with Gasteiger partial charge in [-0.25, -0.2) is 0 Å². The van der Waals surface area contributed by atoms with Gasteiger partial charge in [-0.05, 0) is 39.9 Å². The second-order valence-corrected chi connectivity index (χ2v) is 9.70. The Morgan fingerprint density at radius 2 is 1.48 bits per heavy atom. The fraction of sp³-hybridized carbons (Fsp3) is 0.188. The predicted octanol–water partition coefficient (Wildman–Crippen LogP) is 6.00. The summed E-state index contributed by atoms with van der Waals surface area (Å²) in [5, 5.41) is 12.5. The van der Waals surface area contributed by atoms with E-state index in [9.17, 15) is 27.9 Å². The fourth-order valence-corrected chi connectivity index (χ4v) is 5.25. The molecule has 204 valence electrons. The van der Waals surface area contributed by atoms with E-state index in [4.69, 9.17) is 0 Å². The number of carbonyl (C=O) groups is 2. The summed E-state index contributed by atoms with van der Waals surface area (Å²) in [6.07, 6.45) is -4.61. The number of nitrogens with zero attached hydrogens (tertiary/aromatic N) is 1. The van der Waals surface area contributed by atoms with Crippen LogP contribution in [-0.2, 0) is 30.7 Å². The third-order valence-electron chi connectivity index (χ3n) is 7.20. The van der Waals surface area contributed by atoms with Crippen molar-refractivity contribution in [3.8, 4) is 0 Å². The molecule has 0 unspecified atom stereocenters. The molecule has 1 heterocycles. The topological polar surface area (TPSA) is 69.6 Å². The number of fused-ring (bicyclic) bond motifs is 1. The van der Waals surface area contributed by atoms with Gasteiger partial charge >= 0.3 is 6.18 Å². The van der Waals surface area contributed by atoms with E-state index in [2.05, 4.69) is 5.32 Å². The first-order chi connectivity index (χ1) is 19.3. The first-order valence-corrected chi connectivity index (χ1v) is 12.8. The Hall–Kier alpha value is -4.43. The Bertz CT molecular complexity index is 1500. The van der Waals surface area contributed by atoms with E-state index in [1.54, 1.807) is 48.5 Å². The molecule has 0 spiro atoms. The lowest BCUT2D eigenvalue weighted by Crippen LogP contribution is -2.47. The molecule has 0 fully saturated rings. The molecular formula is C32H27F3N2O3. The standard InChI is InChI=1S/C32H27F3N2O3/c33-32(34,35)27-13-7-4-10-24(27)19-37-29(23-16-14-22(20-38)15-17-23)28(25-11-5-6-12-26(25)31(37)40)30(39)36-18-21-8-2-1-3-9-21/h1-17,28-29,38H,18-20H2,(H,36,39)/t28-,29+/m1/s1. The molecule has 1 aliphatic heterocycles. The van der Waals surface area contributed by atoms with Crippen LogP contribution in [0.25, 0.3) is 0 Å². The molecule has 0 aromatic heterocycles. The van der Waals surface area contributed by atoms with Gasteiger partial charge in [-0.3, -0.25) is 9.59 Å². The number of amides is 2. The van der Waals surface area contributed by atoms with Crippen LogP contribution in [0.1, 0.15) is 55.7 Å². The van der Waals surface area contributed by atoms with Crippen molar-refractivity contribution in [1.29, 1.82) is 0 Å². The smallest absolute Gasteiger partial charge is 0.392 e. The molecule has 40 heavy (non-hydrogen) atoms. The van der Waals surface area contributed by atoms with Crippen molar-refractivity contribution in [2.75, 3.05) is 0 Å². The molecule has 0 bridgehead atoms. The lowest BCUT2D eigenvalue weighted by molar-refractivity contribution is -0.138. The zero-order chi connectivity index (χ0) is 28.3. The lowest BCUT2D eigenvalue weighted by atomic mass is 9.78. The van der Waals surface area contributed by atoms with Crippen molar-refractivity contribution in [2.45, 2.75) is 37.8 Å². The number of carbonyl (C=O) groups excluding carboxylic acids is 2. The van der Waals surface area contributed by atoms with Gasteiger partial charge in [0.15, 0.2) is 0 Å². The number of nitrogens with one attached hydrogen (secondary N) is 1. The zero-order valence-corrected chi connectivity index (χ0v) is 21.4. The van der Waals surface area contributed by atoms with Crippen molar-refractivity contribution >= 4 is 11.8 Å². The van der Waals surface area contributed by atoms with E-state index in [0.29, 0.717) is 16.7 Å². The van der Waals surface area contributed by atoms with Gasteiger partial charge < -0.3 is 15.3 Å². The molecule has 0 saturated heterocycles. The maximum absolute atomic E-state index is 13.9. The monoisotopic (exact) mass is 544 g/mol. The molecule has 2 amide bonds. The highest BCUT2D eigenvalue weighted by molar-refractivity contribution is 6.01. The van der Waals surface area contributed by atoms with Crippen LogP contribution < -0.4 is 5.32 Å². The molecule has 0 radical (unpaired) electrons. The van der Waals surface area contributed by atoms with Gasteiger partial charge in [0.25, 0.3) is 5.91 Å². The van der Waals surface area contributed by atoms with Crippen molar-refractivity contribution in [1.82, 2.24) is 10.2 Å². The SMILES string of the molecule is O=C(NCc1ccccc1)[C@@H]1c2ccccc2C(=O)N(Cc2ccccc2C(F)(F)F)[C@H]1c1ccc(CO)cc1. The van der Waals surface area contributed by atoms with Gasteiger partial charge in [0.05, 0.1) is 24.1 Å². The van der Waals surface area contributed by atoms with Gasteiger partial charge in [-0.2, -0.15) is 13.2 Å². The van der Waals surface area contributed by atoms with Gasteiger partial charge in [0, 0.05) is 18.7 Å². The number of hydrogen-bond donors (Lipinski definition) is 2. The second kappa shape index (κ2) is 11.4. The predicted molar refractivity (Wildman–Crippen MR) is 144 cm³/mol. The van der Waals surface area contributed by atoms with Crippen LogP contribution in [0.3, 0.4) is 0 Å². The maximum atomic E-state index is 13.9. The highest BCUT2D eigenvalue weighted by Gasteiger charge is 2.45. The van der Waals surface area contributed by atoms with Gasteiger partial charge in [0.1, 0.15) is 0 Å². The molecule has 4 aromatic rings. The molecule has 0 aliphatic carbocycles. The molecule has 5 nitrogen and oxygen atoms in total. The summed E-state index contributed by atoms with van der Waals surface area (Å²) in [7, 11) is 0. The highest BCUT2D eigenvalue weighted by atomic mass is 19.4. The molecule has 5 rings (SSSR count). The van der Waals surface area contributed by atoms with E-state index in [0.717, 1.165) is 11.6 Å². The largest absolute Gasteiger partial charge is 0.416 e. The van der Waals surface area contributed by atoms with Crippen LogP contribution in [0, 0.1) is 0 Å². The zero-order valence-electron chi connectivity index (χ0n) is 21.4. The quantitative estimate of drug-likeness (QED) is 0.300. The first-order valence-electron chi connectivity index (χ1n) is 12.8. The number of benzene rings is 4. The summed E-state index contributed by atoms with van der Waals surface area (Å²) in [5.41, 5.74) is 1.97. The number of rotatable bonds is 7. The summed E-state index contributed by atoms with van der Waals surface area (Å²) in [6, 6.07) is 27.1. The second-order valence-electron chi connectivity index (χ2n) is 9.70. The van der Waals surface area contributed by atoms with E-state index < -0.39 is 29.6 Å². The average molecular weight is 545 g/mol. The summed E-state index contributed by atoms with van der Waals surface area (Å²) in [5.74, 6) is -1.71. The van der Waals surface area contributed by atoms with E-state index in [-0.39, 0.29) is 36.7 Å². The Labute approximate surface area is 229 Å². The lowest BCUT2D eigenvalue weighted by Gasteiger charge is -2.42. The maximum Gasteiger partial charge on any atom is 0.416 e. The van der Waals surface area contributed by atoms with Crippen molar-refractivity contribution in [3.05, 3.63) is 142 Å². The van der Waals surface area contributed by atoms with Crippen LogP contribution in [-0.4, -0.2) is 21.8 Å². The number of hydrogen-bond acceptors (Lipinski definition) is 3. The molecule has 1 aliphatic rings. The van der Waals surface area contributed by atoms with Crippen molar-refractivity contribution < 1.29 is 27.9 Å². The van der Waals surface area contributed by atoms with Crippen LogP contribution in [0.15, 0.2) is 103 Å². The summed E-state index contributed by atoms with van der Waals surface area (Å²) < 4.78 is 41.8. The molecule has 2 atom stereocenters. The molecule has 0 saturated carbocycles. The Morgan fingerprint density at radius 1 is 0.825 bits per heavy atom. The Balaban J connectivity index is 1.62. The van der Waals surface area contributed by atoms with Crippen molar-refractivity contribution in [2.24, 2.45) is 0 Å². The number of halogens is 3. The third-order valence-corrected chi connectivity index (χ3v) is 7.20. The van der Waals surface area contributed by atoms with Crippen LogP contribution in [0.4, 0.5) is 13.2 Å². The average Bonchev–Trinajstić information content (AvgIpc) is 2.97.